The largest absolute Gasteiger partial charge is 0.487 e. The first kappa shape index (κ1) is 23.4. The molecule has 180 valence electrons. The summed E-state index contributed by atoms with van der Waals surface area (Å²) in [6, 6.07) is 28.7. The number of aryl methyl sites for hydroxylation is 2. The van der Waals surface area contributed by atoms with Crippen molar-refractivity contribution < 1.29 is 9.15 Å². The molecule has 2 aromatic heterocycles. The van der Waals surface area contributed by atoms with E-state index < -0.39 is 0 Å². The Labute approximate surface area is 211 Å². The fourth-order valence-corrected chi connectivity index (χ4v) is 4.06. The lowest BCUT2D eigenvalue weighted by Crippen LogP contribution is -2.00. The van der Waals surface area contributed by atoms with E-state index in [4.69, 9.17) is 9.15 Å². The molecule has 36 heavy (non-hydrogen) atoms. The summed E-state index contributed by atoms with van der Waals surface area (Å²) in [5.41, 5.74) is 4.34. The summed E-state index contributed by atoms with van der Waals surface area (Å²) in [5, 5.41) is 0. The van der Waals surface area contributed by atoms with E-state index in [2.05, 4.69) is 57.1 Å². The number of hydrogen-bond acceptors (Lipinski definition) is 4. The second kappa shape index (κ2) is 11.8. The van der Waals surface area contributed by atoms with Crippen LogP contribution in [0.15, 0.2) is 108 Å². The van der Waals surface area contributed by atoms with Crippen molar-refractivity contribution in [1.29, 1.82) is 0 Å². The number of nitrogens with zero attached hydrogens (tertiary/aromatic N) is 3. The number of unbranched alkanes of at least 4 members (excludes halogenated alkanes) is 1. The van der Waals surface area contributed by atoms with Gasteiger partial charge in [0.25, 0.3) is 0 Å². The smallest absolute Gasteiger partial charge is 0.218 e. The van der Waals surface area contributed by atoms with E-state index in [9.17, 15) is 0 Å². The van der Waals surface area contributed by atoms with Crippen LogP contribution < -0.4 is 4.74 Å². The predicted molar refractivity (Wildman–Crippen MR) is 143 cm³/mol. The summed E-state index contributed by atoms with van der Waals surface area (Å²) in [6.45, 7) is 1.34. The van der Waals surface area contributed by atoms with Crippen molar-refractivity contribution in [3.05, 3.63) is 126 Å². The fourth-order valence-electron chi connectivity index (χ4n) is 4.06. The molecule has 0 N–H and O–H groups in total. The van der Waals surface area contributed by atoms with Gasteiger partial charge in [-0.05, 0) is 48.6 Å². The van der Waals surface area contributed by atoms with Crippen LogP contribution in [0.5, 0.6) is 5.75 Å². The average Bonchev–Trinajstić information content (AvgIpc) is 3.60. The van der Waals surface area contributed by atoms with Crippen LogP contribution in [0.25, 0.3) is 23.5 Å². The maximum Gasteiger partial charge on any atom is 0.218 e. The highest BCUT2D eigenvalue weighted by Crippen LogP contribution is 2.19. The minimum atomic E-state index is 0.372. The van der Waals surface area contributed by atoms with Crippen molar-refractivity contribution in [2.45, 2.75) is 32.4 Å². The zero-order valence-corrected chi connectivity index (χ0v) is 20.2. The Morgan fingerprint density at radius 3 is 2.42 bits per heavy atom. The van der Waals surface area contributed by atoms with E-state index >= 15 is 0 Å². The molecular weight excluding hydrogens is 446 g/mol. The van der Waals surface area contributed by atoms with Crippen LogP contribution in [0.2, 0.25) is 0 Å². The van der Waals surface area contributed by atoms with Gasteiger partial charge in [-0.15, -0.1) is 0 Å². The molecule has 0 spiro atoms. The molecule has 0 bridgehead atoms. The fraction of sp³-hybridized carbons (Fsp3) is 0.161. The second-order valence-electron chi connectivity index (χ2n) is 8.62. The van der Waals surface area contributed by atoms with Crippen LogP contribution in [0, 0.1) is 0 Å². The number of imidazole rings is 1. The highest BCUT2D eigenvalue weighted by atomic mass is 16.5. The lowest BCUT2D eigenvalue weighted by Gasteiger charge is -2.09. The van der Waals surface area contributed by atoms with Crippen molar-refractivity contribution in [3.8, 4) is 17.1 Å². The molecule has 0 amide bonds. The van der Waals surface area contributed by atoms with E-state index in [1.807, 2.05) is 66.9 Å². The third-order valence-electron chi connectivity index (χ3n) is 5.96. The first-order valence-electron chi connectivity index (χ1n) is 12.3. The molecule has 0 aliphatic carbocycles. The standard InChI is InChI=1S/C31H29N3O2/c1-3-9-25(10-4-1)16-19-30-33-28(24-36-30)23-35-29-17-14-26(15-18-29)11-7-8-21-34-22-20-32-31(34)27-12-5-2-6-13-27/h1-6,9-10,12-20,22,24H,7-8,11,21,23H2. The molecule has 0 saturated heterocycles. The van der Waals surface area contributed by atoms with Gasteiger partial charge >= 0.3 is 0 Å². The molecule has 5 aromatic rings. The maximum atomic E-state index is 5.90. The molecule has 0 unspecified atom stereocenters. The monoisotopic (exact) mass is 475 g/mol. The van der Waals surface area contributed by atoms with Gasteiger partial charge in [-0.1, -0.05) is 72.8 Å². The first-order valence-corrected chi connectivity index (χ1v) is 12.3. The van der Waals surface area contributed by atoms with Crippen molar-refractivity contribution in [3.63, 3.8) is 0 Å². The van der Waals surface area contributed by atoms with Crippen molar-refractivity contribution in [1.82, 2.24) is 14.5 Å². The van der Waals surface area contributed by atoms with Gasteiger partial charge in [-0.2, -0.15) is 0 Å². The summed E-state index contributed by atoms with van der Waals surface area (Å²) in [6.07, 6.45) is 12.7. The highest BCUT2D eigenvalue weighted by molar-refractivity contribution is 5.65. The summed E-state index contributed by atoms with van der Waals surface area (Å²) < 4.78 is 13.7. The zero-order valence-electron chi connectivity index (χ0n) is 20.2. The summed E-state index contributed by atoms with van der Waals surface area (Å²) in [5.74, 6) is 2.43. The topological polar surface area (TPSA) is 53.1 Å². The minimum Gasteiger partial charge on any atom is -0.487 e. The summed E-state index contributed by atoms with van der Waals surface area (Å²) in [7, 11) is 0. The van der Waals surface area contributed by atoms with Gasteiger partial charge in [0.05, 0.1) is 0 Å². The molecule has 0 aliphatic heterocycles. The van der Waals surface area contributed by atoms with Crippen LogP contribution in [0.3, 0.4) is 0 Å². The van der Waals surface area contributed by atoms with Crippen LogP contribution in [0.4, 0.5) is 0 Å². The van der Waals surface area contributed by atoms with Crippen LogP contribution >= 0.6 is 0 Å². The molecular formula is C31H29N3O2. The van der Waals surface area contributed by atoms with Crippen molar-refractivity contribution in [2.24, 2.45) is 0 Å². The average molecular weight is 476 g/mol. The molecule has 0 atom stereocenters. The number of ether oxygens (including phenoxy) is 1. The maximum absolute atomic E-state index is 5.90. The third kappa shape index (κ3) is 6.39. The zero-order chi connectivity index (χ0) is 24.4. The van der Waals surface area contributed by atoms with Gasteiger partial charge in [-0.25, -0.2) is 9.97 Å². The molecule has 5 nitrogen and oxygen atoms in total. The molecule has 2 heterocycles. The lowest BCUT2D eigenvalue weighted by molar-refractivity contribution is 0.301. The summed E-state index contributed by atoms with van der Waals surface area (Å²) >= 11 is 0. The van der Waals surface area contributed by atoms with Gasteiger partial charge in [0.15, 0.2) is 0 Å². The molecule has 5 rings (SSSR count). The Morgan fingerprint density at radius 1 is 0.833 bits per heavy atom. The Balaban J connectivity index is 1.05. The van der Waals surface area contributed by atoms with Gasteiger partial charge < -0.3 is 13.7 Å². The van der Waals surface area contributed by atoms with Gasteiger partial charge in [0.1, 0.15) is 30.1 Å². The van der Waals surface area contributed by atoms with E-state index in [0.717, 1.165) is 54.2 Å². The molecule has 5 heteroatoms. The summed E-state index contributed by atoms with van der Waals surface area (Å²) in [4.78, 5) is 9.00. The number of benzene rings is 3. The molecule has 0 fully saturated rings. The predicted octanol–water partition coefficient (Wildman–Crippen LogP) is 7.31. The van der Waals surface area contributed by atoms with E-state index in [0.29, 0.717) is 12.5 Å². The number of oxazole rings is 1. The van der Waals surface area contributed by atoms with Crippen LogP contribution in [-0.4, -0.2) is 14.5 Å². The Morgan fingerprint density at radius 2 is 1.61 bits per heavy atom. The normalized spacial score (nSPS) is 11.2. The Kier molecular flexibility index (Phi) is 7.69. The SMILES string of the molecule is C(=Cc1nc(COc2ccc(CCCCn3ccnc3-c3ccccc3)cc2)co1)c1ccccc1. The Hall–Kier alpha value is -4.38. The molecule has 3 aromatic carbocycles. The van der Waals surface area contributed by atoms with E-state index in [1.54, 1.807) is 6.26 Å². The van der Waals surface area contributed by atoms with Crippen molar-refractivity contribution >= 4 is 12.2 Å². The molecule has 0 radical (unpaired) electrons. The minimum absolute atomic E-state index is 0.372. The lowest BCUT2D eigenvalue weighted by atomic mass is 10.1. The van der Waals surface area contributed by atoms with Gasteiger partial charge in [-0.3, -0.25) is 0 Å². The molecule has 0 aliphatic rings. The third-order valence-corrected chi connectivity index (χ3v) is 5.96. The van der Waals surface area contributed by atoms with Crippen LogP contribution in [0.1, 0.15) is 35.6 Å². The molecule has 0 saturated carbocycles. The van der Waals surface area contributed by atoms with Gasteiger partial charge in [0.2, 0.25) is 5.89 Å². The first-order chi connectivity index (χ1) is 17.8. The number of rotatable bonds is 11. The second-order valence-corrected chi connectivity index (χ2v) is 8.62. The number of hydrogen-bond donors (Lipinski definition) is 0. The van der Waals surface area contributed by atoms with E-state index in [-0.39, 0.29) is 0 Å². The number of aromatic nitrogens is 3. The Bertz CT molecular complexity index is 1370. The van der Waals surface area contributed by atoms with Crippen LogP contribution in [-0.2, 0) is 19.6 Å². The van der Waals surface area contributed by atoms with Crippen molar-refractivity contribution in [2.75, 3.05) is 0 Å². The van der Waals surface area contributed by atoms with E-state index in [1.165, 1.54) is 5.56 Å². The van der Waals surface area contributed by atoms with Gasteiger partial charge in [0, 0.05) is 30.6 Å². The highest BCUT2D eigenvalue weighted by Gasteiger charge is 2.06. The quantitative estimate of drug-likeness (QED) is 0.188.